The maximum absolute atomic E-state index is 2.38. The van der Waals surface area contributed by atoms with Gasteiger partial charge in [0, 0.05) is 15.7 Å². The molecule has 0 unspecified atom stereocenters. The van der Waals surface area contributed by atoms with Crippen LogP contribution in [0.2, 0.25) is 0 Å². The van der Waals surface area contributed by atoms with Crippen LogP contribution in [-0.4, -0.2) is 0 Å². The van der Waals surface area contributed by atoms with Gasteiger partial charge in [-0.3, -0.25) is 0 Å². The van der Waals surface area contributed by atoms with Crippen molar-refractivity contribution in [2.24, 2.45) is 0 Å². The predicted octanol–water partition coefficient (Wildman–Crippen LogP) is 13.3. The smallest absolute Gasteiger partial charge is 0.0375 e. The summed E-state index contributed by atoms with van der Waals surface area (Å²) in [6.45, 7) is 0. The van der Waals surface area contributed by atoms with Crippen molar-refractivity contribution in [3.8, 4) is 22.3 Å². The number of fused-ring (bicyclic) bond motifs is 12. The largest absolute Gasteiger partial charge is 0.0881 e. The first-order chi connectivity index (χ1) is 23.8. The SMILES string of the molecule is c1ccc(-c2ccc(-c3ccc(C4c5c(c6ccccc6c6ccccc56)Sc5c4c4ccccc4c4ccccc54)cc3)cc2)cc1. The molecule has 48 heavy (non-hydrogen) atoms. The van der Waals surface area contributed by atoms with Gasteiger partial charge in [-0.05, 0) is 82.0 Å². The van der Waals surface area contributed by atoms with E-state index in [0.717, 1.165) is 0 Å². The Labute approximate surface area is 284 Å². The van der Waals surface area contributed by atoms with E-state index < -0.39 is 0 Å². The number of hydrogen-bond donors (Lipinski definition) is 0. The summed E-state index contributed by atoms with van der Waals surface area (Å²) in [6, 6.07) is 65.0. The van der Waals surface area contributed by atoms with E-state index in [1.807, 2.05) is 11.8 Å². The van der Waals surface area contributed by atoms with Crippen molar-refractivity contribution >= 4 is 54.9 Å². The van der Waals surface area contributed by atoms with Crippen LogP contribution in [0.4, 0.5) is 0 Å². The average molecular weight is 627 g/mol. The van der Waals surface area contributed by atoms with Crippen LogP contribution in [0.15, 0.2) is 186 Å². The van der Waals surface area contributed by atoms with E-state index in [4.69, 9.17) is 0 Å². The molecule has 0 bridgehead atoms. The van der Waals surface area contributed by atoms with Crippen molar-refractivity contribution < 1.29 is 0 Å². The highest BCUT2D eigenvalue weighted by Crippen LogP contribution is 2.57. The van der Waals surface area contributed by atoms with Gasteiger partial charge in [0.05, 0.1) is 0 Å². The molecule has 10 rings (SSSR count). The molecule has 1 aliphatic rings. The molecular formula is C47H30S. The minimum Gasteiger partial charge on any atom is -0.0881 e. The van der Waals surface area contributed by atoms with Gasteiger partial charge in [0.2, 0.25) is 0 Å². The molecular weight excluding hydrogens is 597 g/mol. The lowest BCUT2D eigenvalue weighted by Gasteiger charge is -2.33. The molecule has 0 atom stereocenters. The van der Waals surface area contributed by atoms with Gasteiger partial charge in [0.1, 0.15) is 0 Å². The number of rotatable bonds is 3. The zero-order valence-corrected chi connectivity index (χ0v) is 27.0. The second-order valence-electron chi connectivity index (χ2n) is 12.8. The van der Waals surface area contributed by atoms with Gasteiger partial charge in [0.15, 0.2) is 0 Å². The van der Waals surface area contributed by atoms with Crippen molar-refractivity contribution in [3.05, 3.63) is 193 Å². The molecule has 0 fully saturated rings. The summed E-state index contributed by atoms with van der Waals surface area (Å²) in [7, 11) is 0. The summed E-state index contributed by atoms with van der Waals surface area (Å²) < 4.78 is 0. The quantitative estimate of drug-likeness (QED) is 0.176. The fraction of sp³-hybridized carbons (Fsp3) is 0.0213. The van der Waals surface area contributed by atoms with Gasteiger partial charge in [-0.1, -0.05) is 188 Å². The van der Waals surface area contributed by atoms with Gasteiger partial charge < -0.3 is 0 Å². The maximum atomic E-state index is 2.38. The normalized spacial score (nSPS) is 12.8. The zero-order valence-electron chi connectivity index (χ0n) is 26.2. The molecule has 224 valence electrons. The third-order valence-electron chi connectivity index (χ3n) is 10.2. The molecule has 1 aliphatic heterocycles. The summed E-state index contributed by atoms with van der Waals surface area (Å²) in [6.07, 6.45) is 0. The van der Waals surface area contributed by atoms with Crippen molar-refractivity contribution in [2.75, 3.05) is 0 Å². The van der Waals surface area contributed by atoms with E-state index in [2.05, 4.69) is 176 Å². The lowest BCUT2D eigenvalue weighted by Crippen LogP contribution is -2.12. The molecule has 1 heteroatoms. The van der Waals surface area contributed by atoms with Crippen LogP contribution >= 0.6 is 11.8 Å². The van der Waals surface area contributed by atoms with E-state index >= 15 is 0 Å². The standard InChI is InChI=1S/C47H30S/c1-2-12-30(13-3-1)31-22-24-32(25-23-31)33-26-28-34(29-27-33)43-44-39-18-8-4-14-35(39)37-16-6-10-20-41(37)46(44)48-47-42-21-11-7-17-38(42)36-15-5-9-19-40(36)45(43)47/h1-29,43H. The van der Waals surface area contributed by atoms with Crippen molar-refractivity contribution in [1.82, 2.24) is 0 Å². The van der Waals surface area contributed by atoms with E-state index in [0.29, 0.717) is 0 Å². The predicted molar refractivity (Wildman–Crippen MR) is 205 cm³/mol. The highest BCUT2D eigenvalue weighted by atomic mass is 32.2. The summed E-state index contributed by atoms with van der Waals surface area (Å²) in [5, 5.41) is 10.6. The molecule has 9 aromatic rings. The lowest BCUT2D eigenvalue weighted by molar-refractivity contribution is 0.938. The maximum Gasteiger partial charge on any atom is 0.0375 e. The van der Waals surface area contributed by atoms with Crippen LogP contribution < -0.4 is 0 Å². The summed E-state index contributed by atoms with van der Waals surface area (Å²) in [4.78, 5) is 2.76. The van der Waals surface area contributed by atoms with Gasteiger partial charge in [-0.2, -0.15) is 0 Å². The first-order valence-electron chi connectivity index (χ1n) is 16.6. The topological polar surface area (TPSA) is 0 Å². The molecule has 0 N–H and O–H groups in total. The van der Waals surface area contributed by atoms with E-state index in [-0.39, 0.29) is 5.92 Å². The Morgan fingerprint density at radius 1 is 0.271 bits per heavy atom. The Bertz CT molecular complexity index is 2540. The van der Waals surface area contributed by atoms with Gasteiger partial charge in [0.25, 0.3) is 0 Å². The monoisotopic (exact) mass is 626 g/mol. The molecule has 0 amide bonds. The van der Waals surface area contributed by atoms with Crippen molar-refractivity contribution in [2.45, 2.75) is 15.7 Å². The van der Waals surface area contributed by atoms with Crippen molar-refractivity contribution in [1.29, 1.82) is 0 Å². The molecule has 0 saturated carbocycles. The van der Waals surface area contributed by atoms with Gasteiger partial charge >= 0.3 is 0 Å². The Kier molecular flexibility index (Phi) is 6.28. The third-order valence-corrected chi connectivity index (χ3v) is 11.5. The fourth-order valence-corrected chi connectivity index (χ4v) is 9.45. The minimum absolute atomic E-state index is 0.0785. The lowest BCUT2D eigenvalue weighted by atomic mass is 9.78. The molecule has 0 spiro atoms. The first kappa shape index (κ1) is 27.5. The van der Waals surface area contributed by atoms with Crippen LogP contribution in [-0.2, 0) is 0 Å². The fourth-order valence-electron chi connectivity index (χ4n) is 8.00. The molecule has 9 aromatic carbocycles. The molecule has 0 aromatic heterocycles. The highest BCUT2D eigenvalue weighted by Gasteiger charge is 2.34. The van der Waals surface area contributed by atoms with E-state index in [1.54, 1.807) is 0 Å². The van der Waals surface area contributed by atoms with E-state index in [1.165, 1.54) is 91.8 Å². The summed E-state index contributed by atoms with van der Waals surface area (Å²) >= 11 is 1.97. The molecule has 0 nitrogen and oxygen atoms in total. The summed E-state index contributed by atoms with van der Waals surface area (Å²) in [5.74, 6) is 0.0785. The molecule has 0 radical (unpaired) electrons. The van der Waals surface area contributed by atoms with Gasteiger partial charge in [-0.15, -0.1) is 0 Å². The second kappa shape index (κ2) is 11.0. The Morgan fingerprint density at radius 2 is 0.583 bits per heavy atom. The first-order valence-corrected chi connectivity index (χ1v) is 17.5. The van der Waals surface area contributed by atoms with Crippen LogP contribution in [0.1, 0.15) is 22.6 Å². The van der Waals surface area contributed by atoms with Crippen LogP contribution in [0, 0.1) is 0 Å². The van der Waals surface area contributed by atoms with Crippen LogP contribution in [0.25, 0.3) is 65.3 Å². The Balaban J connectivity index is 1.23. The van der Waals surface area contributed by atoms with Crippen LogP contribution in [0.5, 0.6) is 0 Å². The number of hydrogen-bond acceptors (Lipinski definition) is 1. The Hall–Kier alpha value is -5.63. The van der Waals surface area contributed by atoms with Crippen molar-refractivity contribution in [3.63, 3.8) is 0 Å². The van der Waals surface area contributed by atoms with E-state index in [9.17, 15) is 0 Å². The van der Waals surface area contributed by atoms with Crippen LogP contribution in [0.3, 0.4) is 0 Å². The highest BCUT2D eigenvalue weighted by molar-refractivity contribution is 8.00. The Morgan fingerprint density at radius 3 is 1.02 bits per heavy atom. The minimum atomic E-state index is 0.0785. The third kappa shape index (κ3) is 4.18. The molecule has 0 saturated heterocycles. The second-order valence-corrected chi connectivity index (χ2v) is 13.8. The number of benzene rings is 9. The molecule has 1 heterocycles. The summed E-state index contributed by atoms with van der Waals surface area (Å²) in [5.41, 5.74) is 9.10. The zero-order chi connectivity index (χ0) is 31.6. The van der Waals surface area contributed by atoms with Gasteiger partial charge in [-0.25, -0.2) is 0 Å². The average Bonchev–Trinajstić information content (AvgIpc) is 3.18. The molecule has 0 aliphatic carbocycles.